The molecule has 0 saturated carbocycles. The van der Waals surface area contributed by atoms with Gasteiger partial charge in [-0.3, -0.25) is 0 Å². The van der Waals surface area contributed by atoms with Crippen molar-refractivity contribution in [1.29, 1.82) is 0 Å². The van der Waals surface area contributed by atoms with Gasteiger partial charge < -0.3 is 0 Å². The van der Waals surface area contributed by atoms with Gasteiger partial charge in [-0.2, -0.15) is 0 Å². The number of rotatable bonds is 0. The van der Waals surface area contributed by atoms with Crippen LogP contribution in [0.4, 0.5) is 0 Å². The van der Waals surface area contributed by atoms with Crippen LogP contribution < -0.4 is 0 Å². The molecule has 6 radical (unpaired) electrons. The van der Waals surface area contributed by atoms with Crippen LogP contribution >= 0.6 is 0 Å². The Morgan fingerprint density at radius 2 is 1.00 bits per heavy atom. The summed E-state index contributed by atoms with van der Waals surface area (Å²) in [5.74, 6) is 0. The van der Waals surface area contributed by atoms with E-state index in [1.807, 2.05) is 0 Å². The van der Waals surface area contributed by atoms with Gasteiger partial charge in [-0.05, 0) is 0 Å². The molecule has 0 atom stereocenters. The van der Waals surface area contributed by atoms with Crippen molar-refractivity contribution in [2.75, 3.05) is 0 Å². The quantitative estimate of drug-likeness (QED) is 0.410. The van der Waals surface area contributed by atoms with E-state index in [0.29, 0.717) is 0 Å². The van der Waals surface area contributed by atoms with Crippen LogP contribution in [0.2, 0.25) is 0 Å². The molecule has 0 unspecified atom stereocenters. The van der Waals surface area contributed by atoms with Crippen molar-refractivity contribution in [3.05, 3.63) is 0 Å². The molecule has 0 aromatic heterocycles. The van der Waals surface area contributed by atoms with Gasteiger partial charge in [0.2, 0.25) is 0 Å². The Kier molecular flexibility index (Phi) is 335. The Balaban J connectivity index is 0. The van der Waals surface area contributed by atoms with Crippen LogP contribution in [0.1, 0.15) is 0 Å². The van der Waals surface area contributed by atoms with E-state index >= 15 is 0 Å². The third-order valence-corrected chi connectivity index (χ3v) is 0. The Morgan fingerprint density at radius 3 is 1.00 bits per heavy atom. The zero-order chi connectivity index (χ0) is 0. The second kappa shape index (κ2) is 25.6. The SMILES string of the molecule is [Cr].[O].[Si].[Ti]. The van der Waals surface area contributed by atoms with Crippen LogP contribution in [0.25, 0.3) is 0 Å². The van der Waals surface area contributed by atoms with Crippen LogP contribution in [0.15, 0.2) is 0 Å². The molecule has 4 heteroatoms. The molecule has 0 fully saturated rings. The molecule has 0 bridgehead atoms. The van der Waals surface area contributed by atoms with Crippen molar-refractivity contribution in [2.24, 2.45) is 0 Å². The van der Waals surface area contributed by atoms with E-state index in [2.05, 4.69) is 0 Å². The van der Waals surface area contributed by atoms with E-state index in [-0.39, 0.29) is 55.5 Å². The summed E-state index contributed by atoms with van der Waals surface area (Å²) in [7, 11) is 0. The predicted molar refractivity (Wildman–Crippen MR) is 6.44 cm³/mol. The van der Waals surface area contributed by atoms with Gasteiger partial charge in [0.1, 0.15) is 0 Å². The summed E-state index contributed by atoms with van der Waals surface area (Å²) < 4.78 is 0. The predicted octanol–water partition coefficient (Wildman–Crippen LogP) is -0.505. The van der Waals surface area contributed by atoms with Crippen LogP contribution in [0.5, 0.6) is 0 Å². The summed E-state index contributed by atoms with van der Waals surface area (Å²) in [6.45, 7) is 0. The fourth-order valence-electron chi connectivity index (χ4n) is 0. The fraction of sp³-hybridized carbons (Fsp3) is 0. The van der Waals surface area contributed by atoms with E-state index < -0.39 is 0 Å². The minimum atomic E-state index is 0. The summed E-state index contributed by atoms with van der Waals surface area (Å²) in [5, 5.41) is 0. The third-order valence-electron chi connectivity index (χ3n) is 0. The van der Waals surface area contributed by atoms with Gasteiger partial charge >= 0.3 is 0 Å². The maximum atomic E-state index is 0. The number of hydrogen-bond acceptors (Lipinski definition) is 0. The number of hydrogen-bond donors (Lipinski definition) is 0. The molecule has 4 heavy (non-hydrogen) atoms. The van der Waals surface area contributed by atoms with E-state index in [4.69, 9.17) is 0 Å². The smallest absolute Gasteiger partial charge is 0 e. The molecule has 0 aromatic rings. The minimum Gasteiger partial charge on any atom is 0 e. The molecule has 0 aliphatic rings. The average molecular weight is 144 g/mol. The van der Waals surface area contributed by atoms with Gasteiger partial charge in [0.05, 0.1) is 0 Å². The minimum absolute atomic E-state index is 0. The Hall–Kier alpha value is 1.42. The second-order valence-electron chi connectivity index (χ2n) is 0. The molecule has 0 aliphatic heterocycles. The Bertz CT molecular complexity index is 8.00. The van der Waals surface area contributed by atoms with Crippen molar-refractivity contribution >= 4 is 11.0 Å². The maximum absolute atomic E-state index is 0. The first kappa shape index (κ1) is 52.4. The first-order valence-corrected chi connectivity index (χ1v) is 0. The van der Waals surface area contributed by atoms with Crippen LogP contribution in [-0.4, -0.2) is 11.0 Å². The van der Waals surface area contributed by atoms with Crippen LogP contribution in [0, 0.1) is 0 Å². The van der Waals surface area contributed by atoms with Gasteiger partial charge in [-0.1, -0.05) is 0 Å². The maximum Gasteiger partial charge on any atom is 0 e. The molecule has 0 aromatic carbocycles. The monoisotopic (exact) mass is 144 g/mol. The van der Waals surface area contributed by atoms with Crippen molar-refractivity contribution in [1.82, 2.24) is 0 Å². The molecule has 0 aliphatic carbocycles. The molecule has 0 rings (SSSR count). The summed E-state index contributed by atoms with van der Waals surface area (Å²) in [4.78, 5) is 0. The first-order valence-electron chi connectivity index (χ1n) is 0. The van der Waals surface area contributed by atoms with Crippen molar-refractivity contribution in [2.45, 2.75) is 0 Å². The van der Waals surface area contributed by atoms with Crippen molar-refractivity contribution in [3.8, 4) is 0 Å². The molecule has 0 N–H and O–H groups in total. The average Bonchev–Trinajstić information content (AvgIpc) is 0. The van der Waals surface area contributed by atoms with Gasteiger partial charge in [-0.25, -0.2) is 0 Å². The Morgan fingerprint density at radius 1 is 1.00 bits per heavy atom. The summed E-state index contributed by atoms with van der Waals surface area (Å²) in [6.07, 6.45) is 0. The molecule has 0 amide bonds. The largest absolute Gasteiger partial charge is 0 e. The van der Waals surface area contributed by atoms with E-state index in [0.717, 1.165) is 0 Å². The van der Waals surface area contributed by atoms with Gasteiger partial charge in [0, 0.05) is 55.5 Å². The fourth-order valence-corrected chi connectivity index (χ4v) is 0. The second-order valence-corrected chi connectivity index (χ2v) is 0. The Labute approximate surface area is 55.5 Å². The molecule has 0 saturated heterocycles. The van der Waals surface area contributed by atoms with Crippen LogP contribution in [0.3, 0.4) is 0 Å². The molecule has 1 nitrogen and oxygen atoms in total. The first-order chi connectivity index (χ1) is 0. The zero-order valence-electron chi connectivity index (χ0n) is 1.82. The zero-order valence-corrected chi connectivity index (χ0v) is 5.65. The van der Waals surface area contributed by atoms with Gasteiger partial charge in [-0.15, -0.1) is 0 Å². The van der Waals surface area contributed by atoms with Crippen molar-refractivity contribution < 1.29 is 44.6 Å². The third kappa shape index (κ3) is 9.92. The van der Waals surface area contributed by atoms with Crippen LogP contribution in [-0.2, 0) is 44.6 Å². The topological polar surface area (TPSA) is 28.5 Å². The molecule has 0 spiro atoms. The molecular formula is CrOSiTi. The molecule has 0 heterocycles. The summed E-state index contributed by atoms with van der Waals surface area (Å²) in [6, 6.07) is 0. The molecule has 20 valence electrons. The van der Waals surface area contributed by atoms with E-state index in [1.165, 1.54) is 0 Å². The van der Waals surface area contributed by atoms with Gasteiger partial charge in [0.15, 0.2) is 0 Å². The normalized spacial score (nSPS) is 0. The molecular weight excluding hydrogens is 144 g/mol. The van der Waals surface area contributed by atoms with Crippen molar-refractivity contribution in [3.63, 3.8) is 0 Å². The summed E-state index contributed by atoms with van der Waals surface area (Å²) in [5.41, 5.74) is 0. The summed E-state index contributed by atoms with van der Waals surface area (Å²) >= 11 is 0. The standard InChI is InChI=1S/Cr.O.Si.Ti. The van der Waals surface area contributed by atoms with E-state index in [9.17, 15) is 0 Å². The van der Waals surface area contributed by atoms with E-state index in [1.54, 1.807) is 0 Å². The van der Waals surface area contributed by atoms with Gasteiger partial charge in [0.25, 0.3) is 0 Å².